The highest BCUT2D eigenvalue weighted by Gasteiger charge is 2.49. The van der Waals surface area contributed by atoms with Crippen molar-refractivity contribution < 1.29 is 0 Å². The molecule has 0 fully saturated rings. The molecule has 2 aromatic heterocycles. The number of benzene rings is 16. The predicted octanol–water partition coefficient (Wildman–Crippen LogP) is 26.4. The molecule has 0 unspecified atom stereocenters. The van der Waals surface area contributed by atoms with Crippen LogP contribution in [0.3, 0.4) is 0 Å². The molecule has 6 nitrogen and oxygen atoms in total. The number of rotatable bonds is 16. The van der Waals surface area contributed by atoms with E-state index in [2.05, 4.69) is 426 Å². The molecule has 0 saturated heterocycles. The fourth-order valence-electron chi connectivity index (χ4n) is 16.5. The third-order valence-corrected chi connectivity index (χ3v) is 22.0. The van der Waals surface area contributed by atoms with Crippen LogP contribution in [0.15, 0.2) is 413 Å². The highest BCUT2D eigenvalue weighted by molar-refractivity contribution is 5.87. The van der Waals surface area contributed by atoms with Gasteiger partial charge in [-0.05, 0) is 207 Å². The zero-order chi connectivity index (χ0) is 75.0. The average molecular weight is 1430 g/mol. The van der Waals surface area contributed by atoms with Gasteiger partial charge < -0.3 is 0 Å². The summed E-state index contributed by atoms with van der Waals surface area (Å²) in [6.07, 6.45) is 0. The summed E-state index contributed by atoms with van der Waals surface area (Å²) in [4.78, 5) is 34.0. The molecule has 1 aliphatic carbocycles. The third-order valence-electron chi connectivity index (χ3n) is 22.0. The molecular weight excluding hydrogens is 1360 g/mol. The van der Waals surface area contributed by atoms with Gasteiger partial charge >= 0.3 is 0 Å². The molecule has 112 heavy (non-hydrogen) atoms. The molecule has 0 bridgehead atoms. The molecule has 0 N–H and O–H groups in total. The minimum Gasteiger partial charge on any atom is -0.208 e. The van der Waals surface area contributed by atoms with Crippen molar-refractivity contribution >= 4 is 0 Å². The summed E-state index contributed by atoms with van der Waals surface area (Å²) in [5.74, 6) is 3.26. The van der Waals surface area contributed by atoms with Crippen LogP contribution in [0.4, 0.5) is 0 Å². The Morgan fingerprint density at radius 1 is 0.143 bits per heavy atom. The smallest absolute Gasteiger partial charge is 0.164 e. The summed E-state index contributed by atoms with van der Waals surface area (Å²) in [5, 5.41) is 0. The van der Waals surface area contributed by atoms with Crippen molar-refractivity contribution in [2.75, 3.05) is 0 Å². The molecule has 1 aliphatic rings. The maximum atomic E-state index is 5.69. The van der Waals surface area contributed by atoms with Gasteiger partial charge in [0.25, 0.3) is 0 Å². The van der Waals surface area contributed by atoms with E-state index in [1.807, 2.05) is 0 Å². The van der Waals surface area contributed by atoms with Crippen LogP contribution >= 0.6 is 0 Å². The van der Waals surface area contributed by atoms with E-state index in [-0.39, 0.29) is 0 Å². The van der Waals surface area contributed by atoms with E-state index in [1.54, 1.807) is 0 Å². The van der Waals surface area contributed by atoms with Crippen LogP contribution in [-0.2, 0) is 10.8 Å². The van der Waals surface area contributed by atoms with Gasteiger partial charge in [0.05, 0.1) is 5.41 Å². The standard InChI is InChI=1S/C106H74N6/c1-105(2)95-53-27-29-55-97(95)106(98-56-30-28-54-96(98)105,93-51-31-49-79(69-93)99-107-101(89-61-81(71-33-11-3-12-34-71)57-82(62-89)72-35-13-4-14-36-72)111-102(108-99)90-63-83(73-37-15-5-16-38-73)58-84(64-90)74-39-17-6-18-40-74)94-52-32-50-80(70-94)100-109-103(91-65-85(75-41-19-7-20-42-75)59-86(66-91)76-43-21-8-22-44-76)112-104(110-100)92-67-87(77-45-23-9-24-46-77)60-88(68-92)78-47-25-10-26-48-78/h3-70H,1-2H3. The first-order valence-corrected chi connectivity index (χ1v) is 38.2. The zero-order valence-electron chi connectivity index (χ0n) is 61.9. The van der Waals surface area contributed by atoms with Crippen LogP contribution in [0, 0.1) is 0 Å². The lowest BCUT2D eigenvalue weighted by atomic mass is 9.54. The molecule has 0 saturated carbocycles. The Labute approximate surface area is 653 Å². The second-order valence-electron chi connectivity index (χ2n) is 29.4. The Kier molecular flexibility index (Phi) is 17.8. The van der Waals surface area contributed by atoms with Crippen molar-refractivity contribution in [3.63, 3.8) is 0 Å². The van der Waals surface area contributed by atoms with Crippen molar-refractivity contribution in [2.24, 2.45) is 0 Å². The molecule has 0 radical (unpaired) electrons. The lowest BCUT2D eigenvalue weighted by Crippen LogP contribution is -2.41. The number of aromatic nitrogens is 6. The molecule has 6 heteroatoms. The molecule has 0 atom stereocenters. The molecular formula is C106H74N6. The summed E-state index contributed by atoms with van der Waals surface area (Å²) >= 11 is 0. The van der Waals surface area contributed by atoms with Gasteiger partial charge in [0.1, 0.15) is 0 Å². The molecule has 19 rings (SSSR count). The number of hydrogen-bond donors (Lipinski definition) is 0. The van der Waals surface area contributed by atoms with Crippen molar-refractivity contribution in [1.29, 1.82) is 0 Å². The van der Waals surface area contributed by atoms with E-state index in [0.29, 0.717) is 34.9 Å². The maximum Gasteiger partial charge on any atom is 0.164 e. The topological polar surface area (TPSA) is 77.3 Å². The maximum absolute atomic E-state index is 5.69. The first-order chi connectivity index (χ1) is 55.2. The van der Waals surface area contributed by atoms with Crippen LogP contribution in [0.5, 0.6) is 0 Å². The normalized spacial score (nSPS) is 12.5. The van der Waals surface area contributed by atoms with Crippen molar-refractivity contribution in [3.8, 4) is 157 Å². The zero-order valence-corrected chi connectivity index (χ0v) is 61.9. The first kappa shape index (κ1) is 68.1. The third kappa shape index (κ3) is 13.1. The molecule has 0 spiro atoms. The van der Waals surface area contributed by atoms with Gasteiger partial charge in [-0.25, -0.2) is 29.9 Å². The fourth-order valence-corrected chi connectivity index (χ4v) is 16.5. The molecule has 16 aromatic carbocycles. The van der Waals surface area contributed by atoms with Crippen LogP contribution in [-0.4, -0.2) is 29.9 Å². The van der Waals surface area contributed by atoms with Crippen molar-refractivity contribution in [2.45, 2.75) is 24.7 Å². The van der Waals surface area contributed by atoms with E-state index in [0.717, 1.165) is 145 Å². The fraction of sp³-hybridized carbons (Fsp3) is 0.0377. The molecule has 0 aliphatic heterocycles. The van der Waals surface area contributed by atoms with E-state index in [1.165, 1.54) is 11.1 Å². The molecule has 528 valence electrons. The van der Waals surface area contributed by atoms with Gasteiger partial charge in [-0.3, -0.25) is 0 Å². The quantitative estimate of drug-likeness (QED) is 0.0959. The van der Waals surface area contributed by atoms with Crippen molar-refractivity contribution in [1.82, 2.24) is 29.9 Å². The van der Waals surface area contributed by atoms with E-state index >= 15 is 0 Å². The second-order valence-corrected chi connectivity index (χ2v) is 29.4. The summed E-state index contributed by atoms with van der Waals surface area (Å²) in [6.45, 7) is 4.72. The molecule has 18 aromatic rings. The number of hydrogen-bond acceptors (Lipinski definition) is 6. The second kappa shape index (κ2) is 29.3. The number of nitrogens with zero attached hydrogens (tertiary/aromatic N) is 6. The average Bonchev–Trinajstić information content (AvgIpc) is 0.688. The van der Waals surface area contributed by atoms with Crippen LogP contribution < -0.4 is 0 Å². The summed E-state index contributed by atoms with van der Waals surface area (Å²) in [6, 6.07) is 148. The van der Waals surface area contributed by atoms with Crippen LogP contribution in [0.1, 0.15) is 47.2 Å². The SMILES string of the molecule is CC1(C)c2ccccc2C(c2cccc(-c3nc(-c4cc(-c5ccccc5)cc(-c5ccccc5)c4)nc(-c4cc(-c5ccccc5)cc(-c5ccccc5)c4)n3)c2)(c2cccc(-c3nc(-c4cc(-c5ccccc5)cc(-c5ccccc5)c4)nc(-c4cc(-c5ccccc5)cc(-c5ccccc5)c4)n3)c2)c2ccccc21. The Morgan fingerprint density at radius 2 is 0.312 bits per heavy atom. The van der Waals surface area contributed by atoms with Gasteiger partial charge in [-0.2, -0.15) is 0 Å². The summed E-state index contributed by atoms with van der Waals surface area (Å²) in [5.41, 5.74) is 27.7. The van der Waals surface area contributed by atoms with E-state index < -0.39 is 10.8 Å². The lowest BCUT2D eigenvalue weighted by molar-refractivity contribution is 0.558. The highest BCUT2D eigenvalue weighted by Crippen LogP contribution is 2.57. The Balaban J connectivity index is 0.846. The van der Waals surface area contributed by atoms with Gasteiger partial charge in [-0.1, -0.05) is 341 Å². The van der Waals surface area contributed by atoms with Gasteiger partial charge in [0.15, 0.2) is 34.9 Å². The highest BCUT2D eigenvalue weighted by atomic mass is 15.0. The summed E-state index contributed by atoms with van der Waals surface area (Å²) in [7, 11) is 0. The van der Waals surface area contributed by atoms with E-state index in [4.69, 9.17) is 29.9 Å². The number of fused-ring (bicyclic) bond motifs is 2. The minimum atomic E-state index is -0.960. The predicted molar refractivity (Wildman–Crippen MR) is 460 cm³/mol. The van der Waals surface area contributed by atoms with E-state index in [9.17, 15) is 0 Å². The Bertz CT molecular complexity index is 5580. The van der Waals surface area contributed by atoms with Crippen molar-refractivity contribution in [3.05, 3.63) is 446 Å². The van der Waals surface area contributed by atoms with Gasteiger partial charge in [-0.15, -0.1) is 0 Å². The van der Waals surface area contributed by atoms with Crippen LogP contribution in [0.2, 0.25) is 0 Å². The minimum absolute atomic E-state index is 0.401. The first-order valence-electron chi connectivity index (χ1n) is 38.2. The van der Waals surface area contributed by atoms with Crippen LogP contribution in [0.25, 0.3) is 157 Å². The Hall–Kier alpha value is -14.5. The largest absolute Gasteiger partial charge is 0.208 e. The van der Waals surface area contributed by atoms with Gasteiger partial charge in [0.2, 0.25) is 0 Å². The molecule has 2 heterocycles. The lowest BCUT2D eigenvalue weighted by Gasteiger charge is -2.48. The Morgan fingerprint density at radius 3 is 0.527 bits per heavy atom. The summed E-state index contributed by atoms with van der Waals surface area (Å²) < 4.78 is 0. The monoisotopic (exact) mass is 1430 g/mol. The molecule has 0 amide bonds. The van der Waals surface area contributed by atoms with Gasteiger partial charge in [0, 0.05) is 38.8 Å².